The van der Waals surface area contributed by atoms with Crippen LogP contribution in [-0.2, 0) is 27.1 Å². The van der Waals surface area contributed by atoms with Crippen molar-refractivity contribution in [3.63, 3.8) is 0 Å². The molecule has 7 heteroatoms. The molecule has 0 bridgehead atoms. The number of nitrogens with zero attached hydrogens (tertiary/aromatic N) is 7. The summed E-state index contributed by atoms with van der Waals surface area (Å²) in [6.45, 7) is 6.10. The third kappa shape index (κ3) is 2.10. The summed E-state index contributed by atoms with van der Waals surface area (Å²) in [4.78, 5) is 16.0. The van der Waals surface area contributed by atoms with Crippen LogP contribution in [0.2, 0.25) is 0 Å². The Bertz CT molecular complexity index is 874. The van der Waals surface area contributed by atoms with E-state index in [2.05, 4.69) is 45.4 Å². The molecule has 0 radical (unpaired) electrons. The first-order chi connectivity index (χ1) is 11.1. The van der Waals surface area contributed by atoms with E-state index in [9.17, 15) is 0 Å². The van der Waals surface area contributed by atoms with E-state index in [1.165, 1.54) is 5.69 Å². The fourth-order valence-corrected chi connectivity index (χ4v) is 3.45. The summed E-state index contributed by atoms with van der Waals surface area (Å²) in [5, 5.41) is 5.30. The van der Waals surface area contributed by atoms with Crippen molar-refractivity contribution < 1.29 is 0 Å². The van der Waals surface area contributed by atoms with E-state index in [0.29, 0.717) is 5.92 Å². The van der Waals surface area contributed by atoms with Gasteiger partial charge in [0.15, 0.2) is 5.65 Å². The number of rotatable bonds is 2. The molecule has 0 saturated heterocycles. The molecule has 0 saturated carbocycles. The minimum atomic E-state index is 0.433. The van der Waals surface area contributed by atoms with Gasteiger partial charge in [0.2, 0.25) is 0 Å². The quantitative estimate of drug-likeness (QED) is 0.722. The van der Waals surface area contributed by atoms with E-state index in [1.807, 2.05) is 13.2 Å². The highest BCUT2D eigenvalue weighted by atomic mass is 15.3. The van der Waals surface area contributed by atoms with Crippen LogP contribution in [-0.4, -0.2) is 35.8 Å². The van der Waals surface area contributed by atoms with Crippen molar-refractivity contribution in [2.24, 2.45) is 14.1 Å². The highest BCUT2D eigenvalue weighted by molar-refractivity contribution is 5.86. The first kappa shape index (κ1) is 14.2. The first-order valence-electron chi connectivity index (χ1n) is 7.98. The Morgan fingerprint density at radius 1 is 1.17 bits per heavy atom. The van der Waals surface area contributed by atoms with Crippen molar-refractivity contribution in [3.05, 3.63) is 29.7 Å². The van der Waals surface area contributed by atoms with Gasteiger partial charge in [-0.15, -0.1) is 0 Å². The Hall–Kier alpha value is -2.44. The van der Waals surface area contributed by atoms with Gasteiger partial charge in [-0.25, -0.2) is 15.0 Å². The average molecular weight is 311 g/mol. The second-order valence-corrected chi connectivity index (χ2v) is 6.45. The van der Waals surface area contributed by atoms with E-state index in [0.717, 1.165) is 47.9 Å². The van der Waals surface area contributed by atoms with Gasteiger partial charge in [-0.1, -0.05) is 13.8 Å². The summed E-state index contributed by atoms with van der Waals surface area (Å²) < 4.78 is 4.05. The van der Waals surface area contributed by atoms with Gasteiger partial charge in [0, 0.05) is 38.7 Å². The molecule has 4 heterocycles. The molecule has 0 aliphatic carbocycles. The van der Waals surface area contributed by atoms with E-state index < -0.39 is 0 Å². The van der Waals surface area contributed by atoms with Crippen molar-refractivity contribution in [2.45, 2.75) is 32.7 Å². The average Bonchev–Trinajstić information content (AvgIpc) is 3.08. The lowest BCUT2D eigenvalue weighted by Gasteiger charge is -2.28. The highest BCUT2D eigenvalue weighted by Crippen LogP contribution is 2.29. The summed E-state index contributed by atoms with van der Waals surface area (Å²) >= 11 is 0. The maximum atomic E-state index is 4.87. The number of anilines is 1. The van der Waals surface area contributed by atoms with Gasteiger partial charge >= 0.3 is 0 Å². The second-order valence-electron chi connectivity index (χ2n) is 6.45. The zero-order chi connectivity index (χ0) is 16.1. The predicted molar refractivity (Wildman–Crippen MR) is 88.4 cm³/mol. The van der Waals surface area contributed by atoms with E-state index in [4.69, 9.17) is 4.98 Å². The summed E-state index contributed by atoms with van der Waals surface area (Å²) in [6, 6.07) is 0. The molecule has 4 rings (SSSR count). The van der Waals surface area contributed by atoms with Crippen molar-refractivity contribution in [2.75, 3.05) is 11.4 Å². The lowest BCUT2D eigenvalue weighted by molar-refractivity contribution is 0.659. The third-order valence-electron chi connectivity index (χ3n) is 4.61. The molecule has 0 unspecified atom stereocenters. The number of aromatic nitrogens is 6. The Morgan fingerprint density at radius 3 is 2.78 bits per heavy atom. The zero-order valence-electron chi connectivity index (χ0n) is 14.0. The number of aryl methyl sites for hydroxylation is 1. The summed E-state index contributed by atoms with van der Waals surface area (Å²) in [7, 11) is 4.03. The van der Waals surface area contributed by atoms with Gasteiger partial charge in [-0.05, 0) is 0 Å². The molecule has 3 aromatic rings. The van der Waals surface area contributed by atoms with Gasteiger partial charge in [0.05, 0.1) is 23.8 Å². The smallest absolute Gasteiger partial charge is 0.163 e. The van der Waals surface area contributed by atoms with Crippen molar-refractivity contribution in [1.29, 1.82) is 0 Å². The second kappa shape index (κ2) is 5.04. The SMILES string of the molecule is CC(C)c1nc2c(n1C)CCN(c1ncnc3c1cnn3C)C2. The maximum absolute atomic E-state index is 4.87. The normalized spacial score (nSPS) is 14.7. The first-order valence-corrected chi connectivity index (χ1v) is 7.98. The molecule has 0 fully saturated rings. The van der Waals surface area contributed by atoms with E-state index in [-0.39, 0.29) is 0 Å². The van der Waals surface area contributed by atoms with Crippen LogP contribution in [0, 0.1) is 0 Å². The molecule has 1 aliphatic rings. The highest BCUT2D eigenvalue weighted by Gasteiger charge is 2.25. The fourth-order valence-electron chi connectivity index (χ4n) is 3.45. The van der Waals surface area contributed by atoms with Gasteiger partial charge in [-0.3, -0.25) is 4.68 Å². The molecule has 0 aromatic carbocycles. The molecule has 0 N–H and O–H groups in total. The van der Waals surface area contributed by atoms with Crippen LogP contribution >= 0.6 is 0 Å². The minimum Gasteiger partial charge on any atom is -0.350 e. The Balaban J connectivity index is 1.74. The Kier molecular flexibility index (Phi) is 3.11. The molecule has 23 heavy (non-hydrogen) atoms. The lowest BCUT2D eigenvalue weighted by Crippen LogP contribution is -2.31. The number of hydrogen-bond donors (Lipinski definition) is 0. The van der Waals surface area contributed by atoms with E-state index >= 15 is 0 Å². The molecule has 120 valence electrons. The standard InChI is InChI=1S/C16H21N7/c1-10(2)14-20-12-8-23(6-5-13(12)21(14)3)16-11-7-19-22(4)15(11)17-9-18-16/h7,9-10H,5-6,8H2,1-4H3. The fraction of sp³-hybridized carbons (Fsp3) is 0.500. The molecular formula is C16H21N7. The third-order valence-corrected chi connectivity index (χ3v) is 4.61. The van der Waals surface area contributed by atoms with Gasteiger partial charge < -0.3 is 9.47 Å². The monoisotopic (exact) mass is 311 g/mol. The van der Waals surface area contributed by atoms with Crippen molar-refractivity contribution in [1.82, 2.24) is 29.3 Å². The van der Waals surface area contributed by atoms with Gasteiger partial charge in [-0.2, -0.15) is 5.10 Å². The topological polar surface area (TPSA) is 64.7 Å². The molecule has 0 spiro atoms. The molecule has 1 aliphatic heterocycles. The van der Waals surface area contributed by atoms with Gasteiger partial charge in [0.1, 0.15) is 18.0 Å². The van der Waals surface area contributed by atoms with Crippen LogP contribution in [0.15, 0.2) is 12.5 Å². The molecular weight excluding hydrogens is 290 g/mol. The molecule has 0 atom stereocenters. The summed E-state index contributed by atoms with van der Waals surface area (Å²) in [5.74, 6) is 2.54. The van der Waals surface area contributed by atoms with Crippen LogP contribution in [0.1, 0.15) is 37.0 Å². The minimum absolute atomic E-state index is 0.433. The number of hydrogen-bond acceptors (Lipinski definition) is 5. The van der Waals surface area contributed by atoms with E-state index in [1.54, 1.807) is 11.0 Å². The molecule has 7 nitrogen and oxygen atoms in total. The largest absolute Gasteiger partial charge is 0.350 e. The Morgan fingerprint density at radius 2 is 2.00 bits per heavy atom. The van der Waals surface area contributed by atoms with Crippen molar-refractivity contribution in [3.8, 4) is 0 Å². The summed E-state index contributed by atoms with van der Waals surface area (Å²) in [5.41, 5.74) is 3.38. The van der Waals surface area contributed by atoms with Gasteiger partial charge in [0.25, 0.3) is 0 Å². The van der Waals surface area contributed by atoms with Crippen LogP contribution in [0.5, 0.6) is 0 Å². The van der Waals surface area contributed by atoms with Crippen molar-refractivity contribution >= 4 is 16.9 Å². The number of imidazole rings is 1. The molecule has 0 amide bonds. The van der Waals surface area contributed by atoms with Crippen LogP contribution < -0.4 is 4.90 Å². The summed E-state index contributed by atoms with van der Waals surface area (Å²) in [6.07, 6.45) is 4.45. The predicted octanol–water partition coefficient (Wildman–Crippen LogP) is 1.78. The van der Waals surface area contributed by atoms with Crippen LogP contribution in [0.25, 0.3) is 11.0 Å². The number of fused-ring (bicyclic) bond motifs is 2. The lowest BCUT2D eigenvalue weighted by atomic mass is 10.1. The zero-order valence-corrected chi connectivity index (χ0v) is 14.0. The Labute approximate surface area is 135 Å². The molecule has 3 aromatic heterocycles. The maximum Gasteiger partial charge on any atom is 0.163 e. The van der Waals surface area contributed by atoms with Crippen LogP contribution in [0.3, 0.4) is 0 Å². The van der Waals surface area contributed by atoms with Crippen LogP contribution in [0.4, 0.5) is 5.82 Å².